The molecule has 3 heteroatoms. The fourth-order valence-electron chi connectivity index (χ4n) is 5.65. The van der Waals surface area contributed by atoms with Crippen LogP contribution in [-0.2, 0) is 9.47 Å². The molecular formula is C21H39NO2. The zero-order valence-corrected chi connectivity index (χ0v) is 16.2. The van der Waals surface area contributed by atoms with E-state index in [1.165, 1.54) is 77.0 Å². The van der Waals surface area contributed by atoms with Gasteiger partial charge in [0, 0.05) is 32.3 Å². The molecule has 0 saturated heterocycles. The minimum absolute atomic E-state index is 0.482. The Kier molecular flexibility index (Phi) is 7.00. The third-order valence-electron chi connectivity index (χ3n) is 7.11. The molecule has 0 amide bonds. The summed E-state index contributed by atoms with van der Waals surface area (Å²) in [5.74, 6) is 0.930. The van der Waals surface area contributed by atoms with Crippen molar-refractivity contribution in [3.8, 4) is 0 Å². The Morgan fingerprint density at radius 2 is 1.12 bits per heavy atom. The van der Waals surface area contributed by atoms with E-state index in [9.17, 15) is 0 Å². The Morgan fingerprint density at radius 3 is 1.58 bits per heavy atom. The third kappa shape index (κ3) is 4.53. The molecule has 140 valence electrons. The van der Waals surface area contributed by atoms with Crippen LogP contribution in [0.1, 0.15) is 84.0 Å². The van der Waals surface area contributed by atoms with Crippen molar-refractivity contribution in [1.29, 1.82) is 0 Å². The summed E-state index contributed by atoms with van der Waals surface area (Å²) in [4.78, 5) is 2.99. The highest BCUT2D eigenvalue weighted by Crippen LogP contribution is 2.37. The van der Waals surface area contributed by atoms with Gasteiger partial charge in [-0.1, -0.05) is 6.92 Å². The largest absolute Gasteiger partial charge is 0.381 e. The van der Waals surface area contributed by atoms with E-state index in [4.69, 9.17) is 9.47 Å². The normalized spacial score (nSPS) is 41.5. The number of hydrogen-bond acceptors (Lipinski definition) is 3. The molecule has 0 aromatic heterocycles. The number of methoxy groups -OCH3 is 2. The number of rotatable bonds is 5. The van der Waals surface area contributed by atoms with Crippen LogP contribution in [0.4, 0.5) is 0 Å². The van der Waals surface area contributed by atoms with Gasteiger partial charge in [-0.25, -0.2) is 0 Å². The molecule has 0 bridgehead atoms. The fourth-order valence-corrected chi connectivity index (χ4v) is 5.65. The highest BCUT2D eigenvalue weighted by molar-refractivity contribution is 4.93. The number of hydrogen-bond donors (Lipinski definition) is 0. The Morgan fingerprint density at radius 1 is 0.625 bits per heavy atom. The maximum atomic E-state index is 5.75. The fraction of sp³-hybridized carbons (Fsp3) is 1.00. The third-order valence-corrected chi connectivity index (χ3v) is 7.11. The highest BCUT2D eigenvalue weighted by atomic mass is 16.5. The smallest absolute Gasteiger partial charge is 0.0586 e. The first-order chi connectivity index (χ1) is 11.7. The van der Waals surface area contributed by atoms with E-state index in [0.717, 1.165) is 24.0 Å². The molecule has 3 rings (SSSR count). The average Bonchev–Trinajstić information content (AvgIpc) is 2.64. The molecule has 4 unspecified atom stereocenters. The van der Waals surface area contributed by atoms with Gasteiger partial charge in [-0.15, -0.1) is 0 Å². The van der Waals surface area contributed by atoms with Crippen molar-refractivity contribution in [2.45, 2.75) is 114 Å². The zero-order chi connectivity index (χ0) is 16.9. The molecule has 0 radical (unpaired) electrons. The van der Waals surface area contributed by atoms with Gasteiger partial charge in [0.15, 0.2) is 0 Å². The summed E-state index contributed by atoms with van der Waals surface area (Å²) in [7, 11) is 3.81. The van der Waals surface area contributed by atoms with E-state index in [1.807, 2.05) is 14.2 Å². The molecule has 3 saturated carbocycles. The lowest BCUT2D eigenvalue weighted by atomic mass is 9.80. The molecule has 0 spiro atoms. The Balaban J connectivity index is 1.72. The maximum Gasteiger partial charge on any atom is 0.0586 e. The van der Waals surface area contributed by atoms with Crippen LogP contribution in [0.3, 0.4) is 0 Å². The van der Waals surface area contributed by atoms with Gasteiger partial charge in [-0.2, -0.15) is 0 Å². The molecular weight excluding hydrogens is 298 g/mol. The second-order valence-corrected chi connectivity index (χ2v) is 8.72. The molecule has 3 aliphatic rings. The lowest BCUT2D eigenvalue weighted by Crippen LogP contribution is -2.54. The van der Waals surface area contributed by atoms with Gasteiger partial charge in [0.05, 0.1) is 12.2 Å². The van der Waals surface area contributed by atoms with Crippen LogP contribution in [0.2, 0.25) is 0 Å². The summed E-state index contributed by atoms with van der Waals surface area (Å²) < 4.78 is 11.5. The Labute approximate surface area is 149 Å². The predicted octanol–water partition coefficient (Wildman–Crippen LogP) is 4.78. The van der Waals surface area contributed by atoms with Crippen LogP contribution in [-0.4, -0.2) is 49.5 Å². The first-order valence-electron chi connectivity index (χ1n) is 10.5. The molecule has 0 N–H and O–H groups in total. The Bertz CT molecular complexity index is 343. The lowest BCUT2D eigenvalue weighted by Gasteiger charge is -2.49. The van der Waals surface area contributed by atoms with E-state index >= 15 is 0 Å². The molecule has 3 aliphatic carbocycles. The molecule has 3 fully saturated rings. The average molecular weight is 338 g/mol. The van der Waals surface area contributed by atoms with Crippen LogP contribution < -0.4 is 0 Å². The van der Waals surface area contributed by atoms with Gasteiger partial charge < -0.3 is 9.47 Å². The van der Waals surface area contributed by atoms with E-state index in [1.54, 1.807) is 0 Å². The van der Waals surface area contributed by atoms with E-state index < -0.39 is 0 Å². The quantitative estimate of drug-likeness (QED) is 0.720. The van der Waals surface area contributed by atoms with E-state index in [2.05, 4.69) is 11.8 Å². The van der Waals surface area contributed by atoms with E-state index in [0.29, 0.717) is 12.2 Å². The zero-order valence-electron chi connectivity index (χ0n) is 16.2. The van der Waals surface area contributed by atoms with Crippen LogP contribution in [0.5, 0.6) is 0 Å². The number of ether oxygens (including phenoxy) is 2. The second kappa shape index (κ2) is 9.00. The van der Waals surface area contributed by atoms with Crippen LogP contribution in [0, 0.1) is 5.92 Å². The van der Waals surface area contributed by atoms with Crippen molar-refractivity contribution in [3.63, 3.8) is 0 Å². The molecule has 0 aromatic rings. The van der Waals surface area contributed by atoms with Gasteiger partial charge in [-0.05, 0) is 83.0 Å². The van der Waals surface area contributed by atoms with E-state index in [-0.39, 0.29) is 0 Å². The summed E-state index contributed by atoms with van der Waals surface area (Å²) in [6.07, 6.45) is 17.0. The van der Waals surface area contributed by atoms with Gasteiger partial charge in [-0.3, -0.25) is 4.90 Å². The van der Waals surface area contributed by atoms with Gasteiger partial charge >= 0.3 is 0 Å². The first-order valence-corrected chi connectivity index (χ1v) is 10.5. The summed E-state index contributed by atoms with van der Waals surface area (Å²) in [6.45, 7) is 2.43. The summed E-state index contributed by atoms with van der Waals surface area (Å²) in [6, 6.07) is 2.29. The minimum atomic E-state index is 0.482. The predicted molar refractivity (Wildman–Crippen MR) is 99.4 cm³/mol. The first kappa shape index (κ1) is 18.7. The SMILES string of the molecule is COC1CCCC(N(C2CCC(C)CC2)C2CCCC(OC)C2)C1. The molecule has 24 heavy (non-hydrogen) atoms. The van der Waals surface area contributed by atoms with Crippen molar-refractivity contribution in [2.75, 3.05) is 14.2 Å². The van der Waals surface area contributed by atoms with Crippen molar-refractivity contribution in [1.82, 2.24) is 4.90 Å². The molecule has 0 aliphatic heterocycles. The minimum Gasteiger partial charge on any atom is -0.381 e. The second-order valence-electron chi connectivity index (χ2n) is 8.72. The van der Waals surface area contributed by atoms with Crippen LogP contribution in [0.25, 0.3) is 0 Å². The van der Waals surface area contributed by atoms with Gasteiger partial charge in [0.25, 0.3) is 0 Å². The summed E-state index contributed by atoms with van der Waals surface area (Å²) in [5.41, 5.74) is 0. The van der Waals surface area contributed by atoms with Gasteiger partial charge in [0.1, 0.15) is 0 Å². The standard InChI is InChI=1S/C21H39NO2/c1-16-10-12-17(13-11-16)22(18-6-4-8-20(14-18)23-2)19-7-5-9-21(15-19)24-3/h16-21H,4-15H2,1-3H3. The van der Waals surface area contributed by atoms with Crippen molar-refractivity contribution < 1.29 is 9.47 Å². The van der Waals surface area contributed by atoms with Crippen molar-refractivity contribution >= 4 is 0 Å². The Hall–Kier alpha value is -0.120. The monoisotopic (exact) mass is 337 g/mol. The molecule has 3 nitrogen and oxygen atoms in total. The summed E-state index contributed by atoms with van der Waals surface area (Å²) >= 11 is 0. The van der Waals surface area contributed by atoms with Gasteiger partial charge in [0.2, 0.25) is 0 Å². The molecule has 0 aromatic carbocycles. The summed E-state index contributed by atoms with van der Waals surface area (Å²) in [5, 5.41) is 0. The highest BCUT2D eigenvalue weighted by Gasteiger charge is 2.38. The van der Waals surface area contributed by atoms with Crippen LogP contribution in [0.15, 0.2) is 0 Å². The molecule has 0 heterocycles. The van der Waals surface area contributed by atoms with Crippen molar-refractivity contribution in [2.24, 2.45) is 5.92 Å². The number of nitrogens with zero attached hydrogens (tertiary/aromatic N) is 1. The van der Waals surface area contributed by atoms with Crippen LogP contribution >= 0.6 is 0 Å². The lowest BCUT2D eigenvalue weighted by molar-refractivity contribution is -0.0443. The topological polar surface area (TPSA) is 21.7 Å². The maximum absolute atomic E-state index is 5.75. The van der Waals surface area contributed by atoms with Crippen molar-refractivity contribution in [3.05, 3.63) is 0 Å². The molecule has 4 atom stereocenters.